The maximum absolute atomic E-state index is 11.1. The third kappa shape index (κ3) is 2.17. The number of hydrogen-bond donors (Lipinski definition) is 1. The number of hydrogen-bond acceptors (Lipinski definition) is 3. The lowest BCUT2D eigenvalue weighted by Gasteiger charge is -2.09. The molecule has 4 nitrogen and oxygen atoms in total. The summed E-state index contributed by atoms with van der Waals surface area (Å²) in [6, 6.07) is 6.79. The minimum Gasteiger partial charge on any atom is -0.493 e. The zero-order valence-corrected chi connectivity index (χ0v) is 9.86. The number of carboxylic acid groups (broad SMARTS) is 1. The van der Waals surface area contributed by atoms with Crippen LogP contribution in [0.1, 0.15) is 17.4 Å². The van der Waals surface area contributed by atoms with Crippen molar-refractivity contribution in [3.05, 3.63) is 35.1 Å². The molecule has 2 rings (SSSR count). The average molecular weight is 252 g/mol. The largest absolute Gasteiger partial charge is 0.493 e. The molecule has 0 saturated heterocycles. The SMILES string of the molecule is CCOc1cccc2c(C(=O)O)nc(Cl)cc12. The topological polar surface area (TPSA) is 59.4 Å². The van der Waals surface area contributed by atoms with Crippen molar-refractivity contribution in [2.24, 2.45) is 0 Å². The Hall–Kier alpha value is -1.81. The van der Waals surface area contributed by atoms with Crippen LogP contribution < -0.4 is 4.74 Å². The van der Waals surface area contributed by atoms with Crippen LogP contribution in [0.25, 0.3) is 10.8 Å². The summed E-state index contributed by atoms with van der Waals surface area (Å²) in [7, 11) is 0. The lowest BCUT2D eigenvalue weighted by Crippen LogP contribution is -2.02. The minimum absolute atomic E-state index is 0.0611. The summed E-state index contributed by atoms with van der Waals surface area (Å²) >= 11 is 5.81. The second-order valence-electron chi connectivity index (χ2n) is 3.38. The van der Waals surface area contributed by atoms with Gasteiger partial charge in [0, 0.05) is 10.8 Å². The Morgan fingerprint density at radius 1 is 1.47 bits per heavy atom. The molecule has 0 fully saturated rings. The van der Waals surface area contributed by atoms with Gasteiger partial charge in [-0.2, -0.15) is 0 Å². The maximum atomic E-state index is 11.1. The van der Waals surface area contributed by atoms with E-state index < -0.39 is 5.97 Å². The number of aromatic nitrogens is 1. The molecule has 2 aromatic rings. The summed E-state index contributed by atoms with van der Waals surface area (Å²) in [5.74, 6) is -0.497. The van der Waals surface area contributed by atoms with E-state index in [1.807, 2.05) is 6.92 Å². The second kappa shape index (κ2) is 4.59. The summed E-state index contributed by atoms with van der Waals surface area (Å²) in [4.78, 5) is 14.9. The van der Waals surface area contributed by atoms with Gasteiger partial charge in [0.1, 0.15) is 10.9 Å². The number of benzene rings is 1. The quantitative estimate of drug-likeness (QED) is 0.852. The lowest BCUT2D eigenvalue weighted by atomic mass is 10.1. The number of fused-ring (bicyclic) bond motifs is 1. The van der Waals surface area contributed by atoms with Gasteiger partial charge in [0.2, 0.25) is 0 Å². The van der Waals surface area contributed by atoms with Gasteiger partial charge in [-0.05, 0) is 19.1 Å². The van der Waals surface area contributed by atoms with Gasteiger partial charge in [0.15, 0.2) is 5.69 Å². The van der Waals surface area contributed by atoms with Crippen LogP contribution in [0.3, 0.4) is 0 Å². The first-order chi connectivity index (χ1) is 8.13. The van der Waals surface area contributed by atoms with E-state index in [2.05, 4.69) is 4.98 Å². The molecule has 1 N–H and O–H groups in total. The third-order valence-corrected chi connectivity index (χ3v) is 2.50. The number of nitrogens with zero attached hydrogens (tertiary/aromatic N) is 1. The standard InChI is InChI=1S/C12H10ClNO3/c1-2-17-9-5-3-4-7-8(9)6-10(13)14-11(7)12(15)16/h3-6H,2H2,1H3,(H,15,16). The molecule has 5 heteroatoms. The van der Waals surface area contributed by atoms with E-state index in [0.29, 0.717) is 23.1 Å². The van der Waals surface area contributed by atoms with E-state index in [1.54, 1.807) is 24.3 Å². The van der Waals surface area contributed by atoms with Crippen molar-refractivity contribution in [2.45, 2.75) is 6.92 Å². The Balaban J connectivity index is 2.78. The van der Waals surface area contributed by atoms with E-state index in [9.17, 15) is 4.79 Å². The highest BCUT2D eigenvalue weighted by Crippen LogP contribution is 2.29. The van der Waals surface area contributed by atoms with Crippen LogP contribution in [0.4, 0.5) is 0 Å². The molecule has 17 heavy (non-hydrogen) atoms. The predicted molar refractivity (Wildman–Crippen MR) is 64.9 cm³/mol. The van der Waals surface area contributed by atoms with Crippen molar-refractivity contribution in [1.82, 2.24) is 4.98 Å². The molecule has 0 spiro atoms. The fourth-order valence-electron chi connectivity index (χ4n) is 1.66. The first kappa shape index (κ1) is 11.7. The zero-order valence-electron chi connectivity index (χ0n) is 9.11. The van der Waals surface area contributed by atoms with E-state index in [0.717, 1.165) is 0 Å². The highest BCUT2D eigenvalue weighted by atomic mass is 35.5. The van der Waals surface area contributed by atoms with Crippen LogP contribution in [0.2, 0.25) is 5.15 Å². The molecule has 88 valence electrons. The molecule has 0 unspecified atom stereocenters. The molecule has 0 atom stereocenters. The van der Waals surface area contributed by atoms with Crippen molar-refractivity contribution in [3.63, 3.8) is 0 Å². The van der Waals surface area contributed by atoms with Crippen molar-refractivity contribution in [1.29, 1.82) is 0 Å². The summed E-state index contributed by atoms with van der Waals surface area (Å²) < 4.78 is 5.43. The molecule has 0 radical (unpaired) electrons. The highest BCUT2D eigenvalue weighted by molar-refractivity contribution is 6.30. The van der Waals surface area contributed by atoms with Gasteiger partial charge < -0.3 is 9.84 Å². The van der Waals surface area contributed by atoms with E-state index >= 15 is 0 Å². The Bertz CT molecular complexity index is 583. The Kier molecular flexibility index (Phi) is 3.15. The van der Waals surface area contributed by atoms with Crippen molar-refractivity contribution in [2.75, 3.05) is 6.61 Å². The number of ether oxygens (including phenoxy) is 1. The average Bonchev–Trinajstić information content (AvgIpc) is 2.29. The molecule has 0 bridgehead atoms. The number of halogens is 1. The lowest BCUT2D eigenvalue weighted by molar-refractivity contribution is 0.0693. The molecular weight excluding hydrogens is 242 g/mol. The van der Waals surface area contributed by atoms with Gasteiger partial charge >= 0.3 is 5.97 Å². The minimum atomic E-state index is -1.11. The van der Waals surface area contributed by atoms with Gasteiger partial charge in [-0.25, -0.2) is 9.78 Å². The van der Waals surface area contributed by atoms with Crippen molar-refractivity contribution >= 4 is 28.3 Å². The second-order valence-corrected chi connectivity index (χ2v) is 3.77. The summed E-state index contributed by atoms with van der Waals surface area (Å²) in [5, 5.41) is 10.4. The van der Waals surface area contributed by atoms with Crippen LogP contribution >= 0.6 is 11.6 Å². The number of carbonyl (C=O) groups is 1. The summed E-state index contributed by atoms with van der Waals surface area (Å²) in [6.45, 7) is 2.36. The van der Waals surface area contributed by atoms with E-state index in [4.69, 9.17) is 21.4 Å². The Morgan fingerprint density at radius 3 is 2.88 bits per heavy atom. The normalized spacial score (nSPS) is 10.5. The first-order valence-electron chi connectivity index (χ1n) is 5.09. The molecule has 0 aliphatic rings. The fourth-order valence-corrected chi connectivity index (χ4v) is 1.86. The molecule has 0 amide bonds. The van der Waals surface area contributed by atoms with Crippen molar-refractivity contribution < 1.29 is 14.6 Å². The van der Waals surface area contributed by atoms with Crippen LogP contribution in [0, 0.1) is 0 Å². The highest BCUT2D eigenvalue weighted by Gasteiger charge is 2.14. The number of rotatable bonds is 3. The van der Waals surface area contributed by atoms with Crippen LogP contribution in [-0.4, -0.2) is 22.7 Å². The monoisotopic (exact) mass is 251 g/mol. The summed E-state index contributed by atoms with van der Waals surface area (Å²) in [6.07, 6.45) is 0. The molecule has 1 aromatic carbocycles. The first-order valence-corrected chi connectivity index (χ1v) is 5.46. The van der Waals surface area contributed by atoms with Crippen molar-refractivity contribution in [3.8, 4) is 5.75 Å². The molecule has 0 aliphatic heterocycles. The number of pyridine rings is 1. The molecule has 1 aromatic heterocycles. The van der Waals surface area contributed by atoms with Gasteiger partial charge in [0.25, 0.3) is 0 Å². The summed E-state index contributed by atoms with van der Waals surface area (Å²) in [5.41, 5.74) is -0.0611. The zero-order chi connectivity index (χ0) is 12.4. The smallest absolute Gasteiger partial charge is 0.355 e. The molecule has 1 heterocycles. The van der Waals surface area contributed by atoms with Crippen LogP contribution in [0.15, 0.2) is 24.3 Å². The van der Waals surface area contributed by atoms with E-state index in [1.165, 1.54) is 0 Å². The van der Waals surface area contributed by atoms with Gasteiger partial charge in [-0.15, -0.1) is 0 Å². The number of aromatic carboxylic acids is 1. The van der Waals surface area contributed by atoms with Crippen LogP contribution in [0.5, 0.6) is 5.75 Å². The third-order valence-electron chi connectivity index (χ3n) is 2.31. The molecule has 0 aliphatic carbocycles. The van der Waals surface area contributed by atoms with Gasteiger partial charge in [-0.3, -0.25) is 0 Å². The maximum Gasteiger partial charge on any atom is 0.355 e. The Morgan fingerprint density at radius 2 is 2.24 bits per heavy atom. The molecular formula is C12H10ClNO3. The predicted octanol–water partition coefficient (Wildman–Crippen LogP) is 2.99. The molecule has 0 saturated carbocycles. The van der Waals surface area contributed by atoms with Crippen LogP contribution in [-0.2, 0) is 0 Å². The van der Waals surface area contributed by atoms with Gasteiger partial charge in [-0.1, -0.05) is 23.7 Å². The Labute approximate surface area is 103 Å². The van der Waals surface area contributed by atoms with E-state index in [-0.39, 0.29) is 10.8 Å². The fraction of sp³-hybridized carbons (Fsp3) is 0.167. The van der Waals surface area contributed by atoms with Gasteiger partial charge in [0.05, 0.1) is 6.61 Å². The number of carboxylic acids is 1.